The molecule has 0 aromatic heterocycles. The highest BCUT2D eigenvalue weighted by Crippen LogP contribution is 2.47. The second-order valence-corrected chi connectivity index (χ2v) is 9.25. The molecular weight excluding hydrogens is 355 g/mol. The van der Waals surface area contributed by atoms with Gasteiger partial charge in [0.2, 0.25) is 0 Å². The Morgan fingerprint density at radius 1 is 0.692 bits per heavy atom. The van der Waals surface area contributed by atoms with E-state index in [1.54, 1.807) is 0 Å². The van der Waals surface area contributed by atoms with Gasteiger partial charge in [-0.25, -0.2) is 0 Å². The Balaban J connectivity index is 4.64. The first-order valence-corrected chi connectivity index (χ1v) is 11.9. The van der Waals surface area contributed by atoms with Crippen molar-refractivity contribution in [3.8, 4) is 0 Å². The van der Waals surface area contributed by atoms with Crippen molar-refractivity contribution in [2.45, 2.75) is 34.6 Å². The third kappa shape index (κ3) is 8.34. The maximum absolute atomic E-state index is 12.9. The van der Waals surface area contributed by atoms with Gasteiger partial charge in [0, 0.05) is 6.16 Å². The maximum Gasteiger partial charge on any atom is 0.330 e. The number of hydrogen-bond acceptors (Lipinski definition) is 5. The fourth-order valence-corrected chi connectivity index (χ4v) is 4.51. The van der Waals surface area contributed by atoms with Gasteiger partial charge in [-0.15, -0.1) is 0 Å². The van der Waals surface area contributed by atoms with Crippen LogP contribution in [-0.4, -0.2) is 104 Å². The second kappa shape index (κ2) is 13.2. The third-order valence-corrected chi connectivity index (χ3v) is 7.85. The average molecular weight is 399 g/mol. The van der Waals surface area contributed by atoms with Crippen LogP contribution in [-0.2, 0) is 13.6 Å². The van der Waals surface area contributed by atoms with E-state index in [0.29, 0.717) is 43.5 Å². The lowest BCUT2D eigenvalue weighted by Gasteiger charge is -2.37. The van der Waals surface area contributed by atoms with Gasteiger partial charge in [-0.05, 0) is 27.7 Å². The Morgan fingerprint density at radius 3 is 1.38 bits per heavy atom. The summed E-state index contributed by atoms with van der Waals surface area (Å²) in [7, 11) is -3.10. The van der Waals surface area contributed by atoms with E-state index in [0.717, 1.165) is 37.2 Å². The SMILES string of the molecule is CC[N+](CC)(CC)CCOP(=O)(CC)OCC[N+](CC)(CCO)CCO. The molecule has 0 radical (unpaired) electrons. The van der Waals surface area contributed by atoms with Gasteiger partial charge in [-0.3, -0.25) is 4.57 Å². The Morgan fingerprint density at radius 2 is 1.08 bits per heavy atom. The lowest BCUT2D eigenvalue weighted by Crippen LogP contribution is -2.53. The molecule has 0 aromatic carbocycles. The number of rotatable bonds is 17. The van der Waals surface area contributed by atoms with Gasteiger partial charge in [0.1, 0.15) is 39.4 Å². The minimum Gasteiger partial charge on any atom is -0.391 e. The van der Waals surface area contributed by atoms with Crippen molar-refractivity contribution in [2.75, 3.05) is 84.9 Å². The van der Waals surface area contributed by atoms with E-state index in [4.69, 9.17) is 9.05 Å². The maximum atomic E-state index is 12.9. The lowest BCUT2D eigenvalue weighted by molar-refractivity contribution is -0.927. The Labute approximate surface area is 160 Å². The fourth-order valence-electron chi connectivity index (χ4n) is 3.35. The molecule has 0 aromatic rings. The number of quaternary nitrogens is 2. The summed E-state index contributed by atoms with van der Waals surface area (Å²) >= 11 is 0. The molecule has 0 saturated heterocycles. The van der Waals surface area contributed by atoms with E-state index in [2.05, 4.69) is 20.8 Å². The van der Waals surface area contributed by atoms with Crippen LogP contribution in [0.1, 0.15) is 34.6 Å². The summed E-state index contributed by atoms with van der Waals surface area (Å²) in [6.07, 6.45) is 0.351. The van der Waals surface area contributed by atoms with Crippen LogP contribution in [0.2, 0.25) is 0 Å². The topological polar surface area (TPSA) is 76.0 Å². The fraction of sp³-hybridized carbons (Fsp3) is 1.00. The molecule has 0 aliphatic carbocycles. The van der Waals surface area contributed by atoms with Crippen molar-refractivity contribution >= 4 is 7.60 Å². The van der Waals surface area contributed by atoms with Crippen molar-refractivity contribution in [3.05, 3.63) is 0 Å². The van der Waals surface area contributed by atoms with Crippen LogP contribution in [0.25, 0.3) is 0 Å². The number of aliphatic hydroxyl groups is 2. The zero-order valence-electron chi connectivity index (χ0n) is 17.7. The molecule has 0 aliphatic rings. The number of hydrogen-bond donors (Lipinski definition) is 2. The van der Waals surface area contributed by atoms with Crippen molar-refractivity contribution < 1.29 is 32.8 Å². The molecule has 0 heterocycles. The van der Waals surface area contributed by atoms with E-state index in [-0.39, 0.29) is 13.2 Å². The number of aliphatic hydroxyl groups excluding tert-OH is 2. The second-order valence-electron chi connectivity index (χ2n) is 6.88. The van der Waals surface area contributed by atoms with E-state index in [1.807, 2.05) is 13.8 Å². The predicted octanol–water partition coefficient (Wildman–Crippen LogP) is 1.93. The Bertz CT molecular complexity index is 391. The minimum atomic E-state index is -3.10. The number of nitrogens with zero attached hydrogens (tertiary/aromatic N) is 2. The molecule has 2 N–H and O–H groups in total. The molecule has 0 rings (SSSR count). The van der Waals surface area contributed by atoms with E-state index in [1.165, 1.54) is 0 Å². The van der Waals surface area contributed by atoms with E-state index in [9.17, 15) is 14.8 Å². The summed E-state index contributed by atoms with van der Waals surface area (Å²) in [4.78, 5) is 0. The third-order valence-electron chi connectivity index (χ3n) is 5.93. The molecule has 26 heavy (non-hydrogen) atoms. The highest BCUT2D eigenvalue weighted by molar-refractivity contribution is 7.53. The highest BCUT2D eigenvalue weighted by atomic mass is 31.2. The summed E-state index contributed by atoms with van der Waals surface area (Å²) < 4.78 is 25.8. The Hall–Kier alpha value is -0.0100. The van der Waals surface area contributed by atoms with E-state index < -0.39 is 7.60 Å². The highest BCUT2D eigenvalue weighted by Gasteiger charge is 2.29. The molecule has 0 amide bonds. The zero-order valence-corrected chi connectivity index (χ0v) is 18.5. The number of likely N-dealkylation sites (N-methyl/N-ethyl adjacent to an activating group) is 2. The molecule has 158 valence electrons. The molecule has 0 bridgehead atoms. The van der Waals surface area contributed by atoms with Gasteiger partial charge >= 0.3 is 7.60 Å². The largest absolute Gasteiger partial charge is 0.391 e. The van der Waals surface area contributed by atoms with Gasteiger partial charge in [0.05, 0.1) is 39.4 Å². The molecule has 8 heteroatoms. The average Bonchev–Trinajstić information content (AvgIpc) is 2.66. The van der Waals surface area contributed by atoms with Crippen LogP contribution in [0, 0.1) is 0 Å². The standard InChI is InChI=1S/C18H43N2O5P/c1-6-19(7-2,8-3)13-17-24-26(23,10-5)25-18-14-20(9-4,11-15-21)12-16-22/h21-22H,6-18H2,1-5H3/q+2. The summed E-state index contributed by atoms with van der Waals surface area (Å²) in [6.45, 7) is 17.7. The van der Waals surface area contributed by atoms with Gasteiger partial charge in [0.25, 0.3) is 0 Å². The van der Waals surface area contributed by atoms with Gasteiger partial charge < -0.3 is 28.2 Å². The minimum absolute atomic E-state index is 0.0564. The zero-order chi connectivity index (χ0) is 20.1. The molecule has 0 saturated carbocycles. The molecular formula is C18H43N2O5P+2. The summed E-state index contributed by atoms with van der Waals surface area (Å²) in [5.41, 5.74) is 0. The van der Waals surface area contributed by atoms with Crippen LogP contribution in [0.5, 0.6) is 0 Å². The van der Waals surface area contributed by atoms with E-state index >= 15 is 0 Å². The first kappa shape index (κ1) is 26.0. The smallest absolute Gasteiger partial charge is 0.330 e. The predicted molar refractivity (Wildman–Crippen MR) is 106 cm³/mol. The molecule has 7 nitrogen and oxygen atoms in total. The summed E-state index contributed by atoms with van der Waals surface area (Å²) in [6, 6.07) is 0. The molecule has 0 aliphatic heterocycles. The Kier molecular flexibility index (Phi) is 13.2. The first-order chi connectivity index (χ1) is 12.3. The van der Waals surface area contributed by atoms with Gasteiger partial charge in [0.15, 0.2) is 0 Å². The normalized spacial score (nSPS) is 15.2. The first-order valence-electron chi connectivity index (χ1n) is 10.1. The van der Waals surface area contributed by atoms with Crippen molar-refractivity contribution in [3.63, 3.8) is 0 Å². The van der Waals surface area contributed by atoms with Crippen LogP contribution >= 0.6 is 7.60 Å². The molecule has 1 unspecified atom stereocenters. The van der Waals surface area contributed by atoms with Crippen LogP contribution in [0.3, 0.4) is 0 Å². The van der Waals surface area contributed by atoms with Crippen LogP contribution in [0.15, 0.2) is 0 Å². The summed E-state index contributed by atoms with van der Waals surface area (Å²) in [5.74, 6) is 0. The lowest BCUT2D eigenvalue weighted by atomic mass is 10.3. The summed E-state index contributed by atoms with van der Waals surface area (Å²) in [5, 5.41) is 18.6. The van der Waals surface area contributed by atoms with Crippen molar-refractivity contribution in [2.24, 2.45) is 0 Å². The molecule has 0 spiro atoms. The van der Waals surface area contributed by atoms with Crippen molar-refractivity contribution in [1.82, 2.24) is 0 Å². The van der Waals surface area contributed by atoms with Gasteiger partial charge in [-0.2, -0.15) is 0 Å². The monoisotopic (exact) mass is 398 g/mol. The van der Waals surface area contributed by atoms with Crippen LogP contribution in [0.4, 0.5) is 0 Å². The molecule has 1 atom stereocenters. The van der Waals surface area contributed by atoms with Crippen LogP contribution < -0.4 is 0 Å². The van der Waals surface area contributed by atoms with Crippen molar-refractivity contribution in [1.29, 1.82) is 0 Å². The van der Waals surface area contributed by atoms with Gasteiger partial charge in [-0.1, -0.05) is 6.92 Å². The molecule has 0 fully saturated rings. The quantitative estimate of drug-likeness (QED) is 0.289.